The van der Waals surface area contributed by atoms with Gasteiger partial charge in [-0.05, 0) is 49.4 Å². The van der Waals surface area contributed by atoms with E-state index in [2.05, 4.69) is 41.4 Å². The number of hydrogen-bond donors (Lipinski definition) is 1. The summed E-state index contributed by atoms with van der Waals surface area (Å²) >= 11 is 0. The summed E-state index contributed by atoms with van der Waals surface area (Å²) in [5.74, 6) is 1.36. The number of H-pyrrole nitrogens is 1. The zero-order chi connectivity index (χ0) is 13.0. The van der Waals surface area contributed by atoms with Crippen molar-refractivity contribution in [2.45, 2.75) is 33.1 Å². The third-order valence-corrected chi connectivity index (χ3v) is 3.06. The zero-order valence-corrected chi connectivity index (χ0v) is 11.1. The highest BCUT2D eigenvalue weighted by Crippen LogP contribution is 2.26. The zero-order valence-electron chi connectivity index (χ0n) is 11.1. The highest BCUT2D eigenvalue weighted by Gasteiger charge is 2.11. The minimum Gasteiger partial charge on any atom is -0.494 e. The quantitative estimate of drug-likeness (QED) is 0.881. The lowest BCUT2D eigenvalue weighted by Gasteiger charge is -2.14. The van der Waals surface area contributed by atoms with Crippen molar-refractivity contribution in [2.75, 3.05) is 6.61 Å². The number of aryl methyl sites for hydroxylation is 1. The molecule has 0 aliphatic heterocycles. The first kappa shape index (κ1) is 12.6. The minimum atomic E-state index is 0.422. The first-order valence-corrected chi connectivity index (χ1v) is 6.28. The summed E-state index contributed by atoms with van der Waals surface area (Å²) in [6.07, 6.45) is 2.67. The van der Waals surface area contributed by atoms with Crippen LogP contribution < -0.4 is 4.74 Å². The number of aromatic nitrogens is 3. The molecule has 18 heavy (non-hydrogen) atoms. The van der Waals surface area contributed by atoms with Gasteiger partial charge in [0.05, 0.1) is 18.5 Å². The van der Waals surface area contributed by atoms with E-state index in [1.54, 1.807) is 6.20 Å². The average Bonchev–Trinajstić information content (AvgIpc) is 2.82. The fraction of sp³-hybridized carbons (Fsp3) is 0.429. The Hall–Kier alpha value is -1.84. The summed E-state index contributed by atoms with van der Waals surface area (Å²) in [5.41, 5.74) is 3.59. The molecule has 0 fully saturated rings. The van der Waals surface area contributed by atoms with Gasteiger partial charge in [-0.3, -0.25) is 0 Å². The summed E-state index contributed by atoms with van der Waals surface area (Å²) in [4.78, 5) is 0. The van der Waals surface area contributed by atoms with Crippen LogP contribution in [0.4, 0.5) is 0 Å². The van der Waals surface area contributed by atoms with Gasteiger partial charge in [-0.25, -0.2) is 0 Å². The van der Waals surface area contributed by atoms with E-state index in [-0.39, 0.29) is 0 Å². The smallest absolute Gasteiger partial charge is 0.119 e. The molecule has 1 heterocycles. The Morgan fingerprint density at radius 1 is 1.39 bits per heavy atom. The van der Waals surface area contributed by atoms with Gasteiger partial charge in [0, 0.05) is 0 Å². The maximum Gasteiger partial charge on any atom is 0.119 e. The van der Waals surface area contributed by atoms with Gasteiger partial charge in [-0.2, -0.15) is 15.4 Å². The second kappa shape index (κ2) is 5.67. The van der Waals surface area contributed by atoms with E-state index in [9.17, 15) is 0 Å². The minimum absolute atomic E-state index is 0.422. The lowest BCUT2D eigenvalue weighted by molar-refractivity contribution is 0.340. The Balaban J connectivity index is 2.12. The molecule has 4 nitrogen and oxygen atoms in total. The van der Waals surface area contributed by atoms with E-state index in [1.807, 2.05) is 13.0 Å². The molecular weight excluding hydrogens is 226 g/mol. The lowest BCUT2D eigenvalue weighted by Crippen LogP contribution is -2.02. The van der Waals surface area contributed by atoms with Crippen molar-refractivity contribution in [3.8, 4) is 5.75 Å². The standard InChI is InChI=1S/C14H19N3O/c1-4-18-13-5-6-14(11(3)8-13)10(2)7-12-9-15-17-16-12/h5-6,8-10H,4,7H2,1-3H3,(H,15,16,17). The number of hydrogen-bond acceptors (Lipinski definition) is 3. The monoisotopic (exact) mass is 245 g/mol. The van der Waals surface area contributed by atoms with Crippen molar-refractivity contribution in [3.63, 3.8) is 0 Å². The number of nitrogens with one attached hydrogen (secondary N) is 1. The second-order valence-electron chi connectivity index (χ2n) is 4.52. The van der Waals surface area contributed by atoms with E-state index in [0.717, 1.165) is 17.9 Å². The van der Waals surface area contributed by atoms with Crippen molar-refractivity contribution in [1.82, 2.24) is 15.4 Å². The highest BCUT2D eigenvalue weighted by molar-refractivity contribution is 5.37. The van der Waals surface area contributed by atoms with E-state index in [1.165, 1.54) is 11.1 Å². The molecule has 2 aromatic rings. The third-order valence-electron chi connectivity index (χ3n) is 3.06. The number of aromatic amines is 1. The van der Waals surface area contributed by atoms with Crippen LogP contribution in [0.2, 0.25) is 0 Å². The van der Waals surface area contributed by atoms with Gasteiger partial charge in [0.15, 0.2) is 0 Å². The third kappa shape index (κ3) is 2.88. The Morgan fingerprint density at radius 2 is 2.22 bits per heavy atom. The van der Waals surface area contributed by atoms with Gasteiger partial charge in [-0.1, -0.05) is 13.0 Å². The molecule has 2 rings (SSSR count). The van der Waals surface area contributed by atoms with Gasteiger partial charge in [0.1, 0.15) is 5.75 Å². The van der Waals surface area contributed by atoms with Crippen LogP contribution in [-0.2, 0) is 6.42 Å². The molecule has 96 valence electrons. The van der Waals surface area contributed by atoms with Gasteiger partial charge in [0.25, 0.3) is 0 Å². The maximum absolute atomic E-state index is 5.50. The fourth-order valence-corrected chi connectivity index (χ4v) is 2.20. The molecule has 1 aromatic carbocycles. The number of rotatable bonds is 5. The number of benzene rings is 1. The molecule has 1 N–H and O–H groups in total. The van der Waals surface area contributed by atoms with Crippen LogP contribution in [0.3, 0.4) is 0 Å². The van der Waals surface area contributed by atoms with Crippen LogP contribution in [0.15, 0.2) is 24.4 Å². The van der Waals surface area contributed by atoms with Crippen LogP contribution in [0.25, 0.3) is 0 Å². The van der Waals surface area contributed by atoms with E-state index >= 15 is 0 Å². The van der Waals surface area contributed by atoms with Crippen molar-refractivity contribution < 1.29 is 4.74 Å². The summed E-state index contributed by atoms with van der Waals surface area (Å²) in [6.45, 7) is 7.03. The van der Waals surface area contributed by atoms with Gasteiger partial charge in [0.2, 0.25) is 0 Å². The molecule has 0 bridgehead atoms. The Labute approximate surface area is 107 Å². The van der Waals surface area contributed by atoms with Crippen molar-refractivity contribution >= 4 is 0 Å². The van der Waals surface area contributed by atoms with Gasteiger partial charge in [-0.15, -0.1) is 0 Å². The predicted molar refractivity (Wildman–Crippen MR) is 70.8 cm³/mol. The molecule has 0 aliphatic rings. The van der Waals surface area contributed by atoms with E-state index in [4.69, 9.17) is 4.74 Å². The van der Waals surface area contributed by atoms with Crippen LogP contribution in [-0.4, -0.2) is 22.0 Å². The normalized spacial score (nSPS) is 12.4. The van der Waals surface area contributed by atoms with Crippen LogP contribution in [0.1, 0.15) is 36.6 Å². The van der Waals surface area contributed by atoms with Gasteiger partial charge >= 0.3 is 0 Å². The molecule has 0 saturated heterocycles. The molecule has 0 amide bonds. The molecular formula is C14H19N3O. The van der Waals surface area contributed by atoms with Crippen molar-refractivity contribution in [1.29, 1.82) is 0 Å². The lowest BCUT2D eigenvalue weighted by atomic mass is 9.92. The average molecular weight is 245 g/mol. The maximum atomic E-state index is 5.50. The molecule has 1 atom stereocenters. The summed E-state index contributed by atoms with van der Waals surface area (Å²) in [5, 5.41) is 10.6. The number of nitrogens with zero attached hydrogens (tertiary/aromatic N) is 2. The Bertz CT molecular complexity index is 494. The molecule has 0 radical (unpaired) electrons. The molecule has 1 unspecified atom stereocenters. The topological polar surface area (TPSA) is 50.8 Å². The second-order valence-corrected chi connectivity index (χ2v) is 4.52. The summed E-state index contributed by atoms with van der Waals surface area (Å²) < 4.78 is 5.50. The predicted octanol–water partition coefficient (Wildman–Crippen LogP) is 2.86. The van der Waals surface area contributed by atoms with E-state index in [0.29, 0.717) is 12.5 Å². The van der Waals surface area contributed by atoms with Crippen molar-refractivity contribution in [3.05, 3.63) is 41.2 Å². The Morgan fingerprint density at radius 3 is 2.83 bits per heavy atom. The summed E-state index contributed by atoms with van der Waals surface area (Å²) in [7, 11) is 0. The molecule has 4 heteroatoms. The molecule has 0 saturated carbocycles. The molecule has 0 aliphatic carbocycles. The first-order chi connectivity index (χ1) is 8.70. The van der Waals surface area contributed by atoms with Crippen LogP contribution >= 0.6 is 0 Å². The first-order valence-electron chi connectivity index (χ1n) is 6.28. The van der Waals surface area contributed by atoms with Gasteiger partial charge < -0.3 is 4.74 Å². The van der Waals surface area contributed by atoms with E-state index < -0.39 is 0 Å². The fourth-order valence-electron chi connectivity index (χ4n) is 2.20. The van der Waals surface area contributed by atoms with Crippen LogP contribution in [0.5, 0.6) is 5.75 Å². The Kier molecular flexibility index (Phi) is 3.97. The highest BCUT2D eigenvalue weighted by atomic mass is 16.5. The SMILES string of the molecule is CCOc1ccc(C(C)Cc2cn[nH]n2)c(C)c1. The van der Waals surface area contributed by atoms with Crippen molar-refractivity contribution in [2.24, 2.45) is 0 Å². The molecule has 1 aromatic heterocycles. The van der Waals surface area contributed by atoms with Crippen LogP contribution in [0, 0.1) is 6.92 Å². The summed E-state index contributed by atoms with van der Waals surface area (Å²) in [6, 6.07) is 6.27. The largest absolute Gasteiger partial charge is 0.494 e. The molecule has 0 spiro atoms. The number of ether oxygens (including phenoxy) is 1.